The van der Waals surface area contributed by atoms with Gasteiger partial charge >= 0.3 is 0 Å². The van der Waals surface area contributed by atoms with E-state index in [-0.39, 0.29) is 0 Å². The minimum Gasteiger partial charge on any atom is -0.474 e. The van der Waals surface area contributed by atoms with Crippen molar-refractivity contribution in [2.75, 3.05) is 31.1 Å². The highest BCUT2D eigenvalue weighted by molar-refractivity contribution is 5.86. The SMILES string of the molecule is c1cnc(CN2CCN(c3ccc4ncnc(OC5CCCC5)c4c3)CC2)nc1. The second-order valence-electron chi connectivity index (χ2n) is 7.83. The van der Waals surface area contributed by atoms with E-state index in [1.54, 1.807) is 18.7 Å². The van der Waals surface area contributed by atoms with Crippen LogP contribution in [0.4, 0.5) is 5.69 Å². The highest BCUT2D eigenvalue weighted by atomic mass is 16.5. The van der Waals surface area contributed by atoms with Crippen LogP contribution in [0.3, 0.4) is 0 Å². The number of rotatable bonds is 5. The zero-order valence-electron chi connectivity index (χ0n) is 16.6. The van der Waals surface area contributed by atoms with Crippen LogP contribution in [0.2, 0.25) is 0 Å². The summed E-state index contributed by atoms with van der Waals surface area (Å²) in [5, 5.41) is 1.01. The minimum atomic E-state index is 0.292. The lowest BCUT2D eigenvalue weighted by Gasteiger charge is -2.35. The van der Waals surface area contributed by atoms with Crippen LogP contribution in [0.5, 0.6) is 5.88 Å². The fraction of sp³-hybridized carbons (Fsp3) is 0.455. The Morgan fingerprint density at radius 3 is 2.52 bits per heavy atom. The fourth-order valence-corrected chi connectivity index (χ4v) is 4.25. The number of aromatic nitrogens is 4. The standard InChI is InChI=1S/C22H26N6O/c1-2-5-18(4-1)29-22-19-14-17(6-7-20(19)25-16-26-22)28-12-10-27(11-13-28)15-21-23-8-3-9-24-21/h3,6-9,14,16,18H,1-2,4-5,10-13,15H2. The van der Waals surface area contributed by atoms with Crippen molar-refractivity contribution in [1.29, 1.82) is 0 Å². The summed E-state index contributed by atoms with van der Waals surface area (Å²) in [6, 6.07) is 8.29. The number of ether oxygens (including phenoxy) is 1. The summed E-state index contributed by atoms with van der Waals surface area (Å²) in [7, 11) is 0. The zero-order valence-corrected chi connectivity index (χ0v) is 16.6. The smallest absolute Gasteiger partial charge is 0.224 e. The van der Waals surface area contributed by atoms with Crippen molar-refractivity contribution in [1.82, 2.24) is 24.8 Å². The van der Waals surface area contributed by atoms with E-state index in [4.69, 9.17) is 4.74 Å². The summed E-state index contributed by atoms with van der Waals surface area (Å²) in [5.41, 5.74) is 2.15. The minimum absolute atomic E-state index is 0.292. The number of hydrogen-bond acceptors (Lipinski definition) is 7. The highest BCUT2D eigenvalue weighted by Gasteiger charge is 2.21. The average Bonchev–Trinajstić information content (AvgIpc) is 3.28. The number of hydrogen-bond donors (Lipinski definition) is 0. The van der Waals surface area contributed by atoms with Gasteiger partial charge in [0.15, 0.2) is 0 Å². The summed E-state index contributed by atoms with van der Waals surface area (Å²) in [6.07, 6.45) is 10.3. The van der Waals surface area contributed by atoms with Crippen molar-refractivity contribution in [3.63, 3.8) is 0 Å². The second-order valence-corrected chi connectivity index (χ2v) is 7.83. The van der Waals surface area contributed by atoms with Crippen molar-refractivity contribution >= 4 is 16.6 Å². The molecule has 1 aliphatic carbocycles. The molecule has 29 heavy (non-hydrogen) atoms. The summed E-state index contributed by atoms with van der Waals surface area (Å²) >= 11 is 0. The van der Waals surface area contributed by atoms with E-state index in [2.05, 4.69) is 47.9 Å². The van der Waals surface area contributed by atoms with Crippen molar-refractivity contribution in [2.24, 2.45) is 0 Å². The molecule has 1 saturated heterocycles. The Bertz CT molecular complexity index is 952. The van der Waals surface area contributed by atoms with Gasteiger partial charge in [-0.2, -0.15) is 0 Å². The molecule has 0 bridgehead atoms. The van der Waals surface area contributed by atoms with Gasteiger partial charge < -0.3 is 9.64 Å². The Labute approximate surface area is 170 Å². The molecule has 3 aromatic rings. The molecule has 7 heteroatoms. The molecule has 0 spiro atoms. The lowest BCUT2D eigenvalue weighted by molar-refractivity contribution is 0.204. The topological polar surface area (TPSA) is 67.3 Å². The molecule has 2 aliphatic rings. The van der Waals surface area contributed by atoms with Gasteiger partial charge in [-0.15, -0.1) is 0 Å². The molecule has 0 N–H and O–H groups in total. The van der Waals surface area contributed by atoms with Crippen molar-refractivity contribution < 1.29 is 4.74 Å². The van der Waals surface area contributed by atoms with Gasteiger partial charge in [-0.3, -0.25) is 4.90 Å². The summed E-state index contributed by atoms with van der Waals surface area (Å²) < 4.78 is 6.22. The van der Waals surface area contributed by atoms with Crippen molar-refractivity contribution in [2.45, 2.75) is 38.3 Å². The van der Waals surface area contributed by atoms with Crippen LogP contribution in [0, 0.1) is 0 Å². The van der Waals surface area contributed by atoms with Gasteiger partial charge in [0, 0.05) is 44.3 Å². The van der Waals surface area contributed by atoms with Gasteiger partial charge in [0.1, 0.15) is 18.3 Å². The van der Waals surface area contributed by atoms with Gasteiger partial charge in [0.05, 0.1) is 17.4 Å². The first-order valence-corrected chi connectivity index (χ1v) is 10.5. The second kappa shape index (κ2) is 8.29. The Morgan fingerprint density at radius 2 is 1.72 bits per heavy atom. The molecule has 2 fully saturated rings. The maximum absolute atomic E-state index is 6.22. The molecule has 1 aliphatic heterocycles. The van der Waals surface area contributed by atoms with Crippen LogP contribution in [0.1, 0.15) is 31.5 Å². The van der Waals surface area contributed by atoms with Gasteiger partial charge in [-0.25, -0.2) is 19.9 Å². The van der Waals surface area contributed by atoms with E-state index < -0.39 is 0 Å². The van der Waals surface area contributed by atoms with Gasteiger partial charge in [-0.05, 0) is 49.9 Å². The number of anilines is 1. The van der Waals surface area contributed by atoms with E-state index in [0.29, 0.717) is 6.10 Å². The first kappa shape index (κ1) is 18.2. The molecule has 0 radical (unpaired) electrons. The number of benzene rings is 1. The lowest BCUT2D eigenvalue weighted by atomic mass is 10.2. The Kier molecular flexibility index (Phi) is 5.21. The van der Waals surface area contributed by atoms with Gasteiger partial charge in [0.25, 0.3) is 0 Å². The van der Waals surface area contributed by atoms with Crippen LogP contribution in [0.25, 0.3) is 10.9 Å². The number of fused-ring (bicyclic) bond motifs is 1. The quantitative estimate of drug-likeness (QED) is 0.663. The van der Waals surface area contributed by atoms with Crippen molar-refractivity contribution in [3.8, 4) is 5.88 Å². The molecule has 1 aromatic carbocycles. The van der Waals surface area contributed by atoms with E-state index in [9.17, 15) is 0 Å². The Hall–Kier alpha value is -2.80. The monoisotopic (exact) mass is 390 g/mol. The predicted octanol–water partition coefficient (Wildman–Crippen LogP) is 3.06. The first-order valence-electron chi connectivity index (χ1n) is 10.5. The third-order valence-electron chi connectivity index (χ3n) is 5.88. The molecule has 0 atom stereocenters. The number of nitrogens with zero attached hydrogens (tertiary/aromatic N) is 6. The van der Waals surface area contributed by atoms with E-state index in [0.717, 1.165) is 68.2 Å². The van der Waals surface area contributed by atoms with Crippen LogP contribution in [-0.2, 0) is 6.54 Å². The molecule has 5 rings (SSSR count). The average molecular weight is 390 g/mol. The molecular weight excluding hydrogens is 364 g/mol. The van der Waals surface area contributed by atoms with Crippen LogP contribution in [0.15, 0.2) is 43.0 Å². The molecule has 1 saturated carbocycles. The molecule has 7 nitrogen and oxygen atoms in total. The zero-order chi connectivity index (χ0) is 19.5. The third-order valence-corrected chi connectivity index (χ3v) is 5.88. The van der Waals surface area contributed by atoms with Crippen molar-refractivity contribution in [3.05, 3.63) is 48.8 Å². The summed E-state index contributed by atoms with van der Waals surface area (Å²) in [6.45, 7) is 4.75. The maximum Gasteiger partial charge on any atom is 0.224 e. The first-order chi connectivity index (χ1) is 14.3. The fourth-order valence-electron chi connectivity index (χ4n) is 4.25. The van der Waals surface area contributed by atoms with Crippen LogP contribution < -0.4 is 9.64 Å². The van der Waals surface area contributed by atoms with E-state index in [1.165, 1.54) is 18.5 Å². The van der Waals surface area contributed by atoms with E-state index >= 15 is 0 Å². The Morgan fingerprint density at radius 1 is 0.931 bits per heavy atom. The van der Waals surface area contributed by atoms with E-state index in [1.807, 2.05) is 6.07 Å². The van der Waals surface area contributed by atoms with Gasteiger partial charge in [0.2, 0.25) is 5.88 Å². The predicted molar refractivity (Wildman–Crippen MR) is 112 cm³/mol. The molecule has 150 valence electrons. The Balaban J connectivity index is 1.29. The largest absolute Gasteiger partial charge is 0.474 e. The summed E-state index contributed by atoms with van der Waals surface area (Å²) in [5.74, 6) is 1.61. The summed E-state index contributed by atoms with van der Waals surface area (Å²) in [4.78, 5) is 22.4. The highest BCUT2D eigenvalue weighted by Crippen LogP contribution is 2.30. The van der Waals surface area contributed by atoms with Crippen LogP contribution >= 0.6 is 0 Å². The van der Waals surface area contributed by atoms with Gasteiger partial charge in [-0.1, -0.05) is 0 Å². The third kappa shape index (κ3) is 4.15. The van der Waals surface area contributed by atoms with Crippen LogP contribution in [-0.4, -0.2) is 57.1 Å². The molecule has 2 aromatic heterocycles. The molecule has 0 unspecified atom stereocenters. The molecule has 3 heterocycles. The lowest BCUT2D eigenvalue weighted by Crippen LogP contribution is -2.46. The molecule has 0 amide bonds. The maximum atomic E-state index is 6.22. The normalized spacial score (nSPS) is 18.4. The number of piperazine rings is 1. The molecular formula is C22H26N6O.